The molecule has 1 rings (SSSR count). The summed E-state index contributed by atoms with van der Waals surface area (Å²) in [6.07, 6.45) is 0. The standard InChI is InChI=1S/C8H9Br2N5OS/c9-4-3-5(17-7(4)10)6(8(11)16)13-1-2-14-15-12/h3,6,13H,1-2H2,(H2,11,16). The monoisotopic (exact) mass is 381 g/mol. The SMILES string of the molecule is [N-]=[N+]=NCCNC(C(N)=O)c1cc(Br)c(Br)s1. The van der Waals surface area contributed by atoms with Crippen molar-refractivity contribution in [3.63, 3.8) is 0 Å². The highest BCUT2D eigenvalue weighted by atomic mass is 79.9. The highest BCUT2D eigenvalue weighted by Crippen LogP contribution is 2.35. The number of carbonyl (C=O) groups is 1. The molecule has 0 aromatic carbocycles. The molecule has 0 aliphatic heterocycles. The van der Waals surface area contributed by atoms with Gasteiger partial charge in [0.1, 0.15) is 6.04 Å². The number of rotatable bonds is 6. The summed E-state index contributed by atoms with van der Waals surface area (Å²) in [5.74, 6) is -0.466. The Balaban J connectivity index is 2.72. The van der Waals surface area contributed by atoms with Crippen LogP contribution in [0.1, 0.15) is 10.9 Å². The van der Waals surface area contributed by atoms with Crippen LogP contribution in [0.25, 0.3) is 10.4 Å². The Bertz CT molecular complexity index is 437. The first kappa shape index (κ1) is 14.5. The minimum Gasteiger partial charge on any atom is -0.368 e. The minimum atomic E-state index is -0.573. The topological polar surface area (TPSA) is 104 Å². The molecule has 0 aliphatic rings. The van der Waals surface area contributed by atoms with Gasteiger partial charge in [0.15, 0.2) is 0 Å². The van der Waals surface area contributed by atoms with Crippen LogP contribution >= 0.6 is 43.2 Å². The Morgan fingerprint density at radius 1 is 1.71 bits per heavy atom. The average molecular weight is 383 g/mol. The second kappa shape index (κ2) is 6.97. The zero-order valence-electron chi connectivity index (χ0n) is 8.56. The van der Waals surface area contributed by atoms with Crippen LogP contribution in [0, 0.1) is 0 Å². The van der Waals surface area contributed by atoms with Crippen molar-refractivity contribution in [1.82, 2.24) is 5.32 Å². The van der Waals surface area contributed by atoms with E-state index in [1.807, 2.05) is 6.07 Å². The summed E-state index contributed by atoms with van der Waals surface area (Å²) < 4.78 is 1.77. The van der Waals surface area contributed by atoms with E-state index in [1.165, 1.54) is 11.3 Å². The number of amides is 1. The summed E-state index contributed by atoms with van der Waals surface area (Å²) in [6, 6.07) is 1.25. The van der Waals surface area contributed by atoms with Crippen molar-refractivity contribution < 1.29 is 4.79 Å². The Labute approximate surface area is 118 Å². The zero-order valence-corrected chi connectivity index (χ0v) is 12.5. The first-order valence-corrected chi connectivity index (χ1v) is 6.94. The van der Waals surface area contributed by atoms with Gasteiger partial charge in [-0.15, -0.1) is 11.3 Å². The molecule has 17 heavy (non-hydrogen) atoms. The highest BCUT2D eigenvalue weighted by Gasteiger charge is 2.20. The first-order valence-electron chi connectivity index (χ1n) is 4.54. The smallest absolute Gasteiger partial charge is 0.239 e. The Morgan fingerprint density at radius 3 is 2.88 bits per heavy atom. The number of thiophene rings is 1. The Hall–Kier alpha value is -0.600. The van der Waals surface area contributed by atoms with Gasteiger partial charge in [-0.3, -0.25) is 4.79 Å². The largest absolute Gasteiger partial charge is 0.368 e. The third-order valence-electron chi connectivity index (χ3n) is 1.86. The molecule has 9 heteroatoms. The molecule has 0 fully saturated rings. The van der Waals surface area contributed by atoms with E-state index in [-0.39, 0.29) is 6.54 Å². The van der Waals surface area contributed by atoms with E-state index in [0.717, 1.165) is 13.1 Å². The second-order valence-corrected chi connectivity index (χ2v) is 6.27. The van der Waals surface area contributed by atoms with Gasteiger partial charge < -0.3 is 11.1 Å². The number of hydrogen-bond acceptors (Lipinski definition) is 4. The normalized spacial score (nSPS) is 11.9. The van der Waals surface area contributed by atoms with E-state index in [1.54, 1.807) is 0 Å². The lowest BCUT2D eigenvalue weighted by Gasteiger charge is -2.12. The molecular weight excluding hydrogens is 374 g/mol. The Kier molecular flexibility index (Phi) is 5.93. The molecule has 0 saturated carbocycles. The van der Waals surface area contributed by atoms with Crippen LogP contribution in [0.15, 0.2) is 19.4 Å². The van der Waals surface area contributed by atoms with Gasteiger partial charge in [0.25, 0.3) is 0 Å². The number of halogens is 2. The number of hydrogen-bond donors (Lipinski definition) is 2. The number of carbonyl (C=O) groups excluding carboxylic acids is 1. The summed E-state index contributed by atoms with van der Waals surface area (Å²) in [7, 11) is 0. The summed E-state index contributed by atoms with van der Waals surface area (Å²) >= 11 is 8.11. The quantitative estimate of drug-likeness (QED) is 0.341. The van der Waals surface area contributed by atoms with Gasteiger partial charge in [0, 0.05) is 27.4 Å². The van der Waals surface area contributed by atoms with Crippen molar-refractivity contribution in [2.24, 2.45) is 10.8 Å². The third-order valence-corrected chi connectivity index (χ3v) is 5.18. The van der Waals surface area contributed by atoms with Crippen molar-refractivity contribution in [3.8, 4) is 0 Å². The Morgan fingerprint density at radius 2 is 2.41 bits per heavy atom. The maximum absolute atomic E-state index is 11.3. The molecule has 1 aromatic rings. The van der Waals surface area contributed by atoms with Crippen molar-refractivity contribution in [2.45, 2.75) is 6.04 Å². The van der Waals surface area contributed by atoms with Crippen LogP contribution in [0.5, 0.6) is 0 Å². The molecule has 1 heterocycles. The van der Waals surface area contributed by atoms with Crippen LogP contribution in [0.4, 0.5) is 0 Å². The van der Waals surface area contributed by atoms with Crippen molar-refractivity contribution in [3.05, 3.63) is 29.6 Å². The first-order chi connectivity index (χ1) is 8.06. The number of nitrogens with zero attached hydrogens (tertiary/aromatic N) is 3. The van der Waals surface area contributed by atoms with E-state index in [2.05, 4.69) is 47.2 Å². The molecule has 1 aromatic heterocycles. The second-order valence-electron chi connectivity index (χ2n) is 3.01. The minimum absolute atomic E-state index is 0.272. The van der Waals surface area contributed by atoms with Crippen molar-refractivity contribution in [2.75, 3.05) is 13.1 Å². The predicted molar refractivity (Wildman–Crippen MR) is 73.7 cm³/mol. The van der Waals surface area contributed by atoms with Crippen LogP contribution in [0.3, 0.4) is 0 Å². The molecular formula is C8H9Br2N5OS. The van der Waals surface area contributed by atoms with Crippen LogP contribution in [-0.4, -0.2) is 19.0 Å². The summed E-state index contributed by atoms with van der Waals surface area (Å²) in [5.41, 5.74) is 13.4. The van der Waals surface area contributed by atoms with Gasteiger partial charge in [-0.1, -0.05) is 5.11 Å². The van der Waals surface area contributed by atoms with E-state index in [0.29, 0.717) is 6.54 Å². The fourth-order valence-corrected chi connectivity index (χ4v) is 3.32. The lowest BCUT2D eigenvalue weighted by atomic mass is 10.2. The van der Waals surface area contributed by atoms with Gasteiger partial charge in [0.05, 0.1) is 3.79 Å². The molecule has 0 spiro atoms. The summed E-state index contributed by atoms with van der Waals surface area (Å²) in [4.78, 5) is 14.7. The van der Waals surface area contributed by atoms with Crippen LogP contribution in [0.2, 0.25) is 0 Å². The van der Waals surface area contributed by atoms with Gasteiger partial charge in [0.2, 0.25) is 5.91 Å². The van der Waals surface area contributed by atoms with Crippen molar-refractivity contribution in [1.29, 1.82) is 0 Å². The van der Waals surface area contributed by atoms with Gasteiger partial charge in [-0.2, -0.15) is 0 Å². The molecule has 0 radical (unpaired) electrons. The summed E-state index contributed by atoms with van der Waals surface area (Å²) in [5, 5.41) is 6.31. The summed E-state index contributed by atoms with van der Waals surface area (Å²) in [6.45, 7) is 0.665. The van der Waals surface area contributed by atoms with Crippen molar-refractivity contribution >= 4 is 49.1 Å². The molecule has 1 amide bonds. The molecule has 0 aliphatic carbocycles. The lowest BCUT2D eigenvalue weighted by Crippen LogP contribution is -2.34. The van der Waals surface area contributed by atoms with Crippen LogP contribution < -0.4 is 11.1 Å². The molecule has 0 saturated heterocycles. The number of primary amides is 1. The van der Waals surface area contributed by atoms with E-state index < -0.39 is 11.9 Å². The van der Waals surface area contributed by atoms with Gasteiger partial charge >= 0.3 is 0 Å². The maximum atomic E-state index is 11.3. The predicted octanol–water partition coefficient (Wildman–Crippen LogP) is 2.70. The molecule has 6 nitrogen and oxygen atoms in total. The maximum Gasteiger partial charge on any atom is 0.239 e. The zero-order chi connectivity index (χ0) is 12.8. The van der Waals surface area contributed by atoms with E-state index in [9.17, 15) is 4.79 Å². The number of nitrogens with one attached hydrogen (secondary N) is 1. The van der Waals surface area contributed by atoms with E-state index >= 15 is 0 Å². The third kappa shape index (κ3) is 4.29. The number of azide groups is 1. The molecule has 1 unspecified atom stereocenters. The van der Waals surface area contributed by atoms with Gasteiger partial charge in [-0.25, -0.2) is 0 Å². The molecule has 0 bridgehead atoms. The average Bonchev–Trinajstić information content (AvgIpc) is 2.58. The highest BCUT2D eigenvalue weighted by molar-refractivity contribution is 9.13. The van der Waals surface area contributed by atoms with E-state index in [4.69, 9.17) is 11.3 Å². The van der Waals surface area contributed by atoms with Crippen LogP contribution in [-0.2, 0) is 4.79 Å². The number of nitrogens with two attached hydrogens (primary N) is 1. The fraction of sp³-hybridized carbons (Fsp3) is 0.375. The lowest BCUT2D eigenvalue weighted by molar-refractivity contribution is -0.120. The fourth-order valence-electron chi connectivity index (χ4n) is 1.15. The molecule has 1 atom stereocenters. The molecule has 3 N–H and O–H groups in total. The molecule has 92 valence electrons. The van der Waals surface area contributed by atoms with Gasteiger partial charge in [-0.05, 0) is 43.5 Å².